The number of rotatable bonds is 6. The molecule has 6 nitrogen and oxygen atoms in total. The van der Waals surface area contributed by atoms with E-state index < -0.39 is 16.0 Å². The number of hydrogen-bond donors (Lipinski definition) is 0. The van der Waals surface area contributed by atoms with Crippen molar-refractivity contribution in [1.82, 2.24) is 4.31 Å². The van der Waals surface area contributed by atoms with E-state index in [0.717, 1.165) is 24.8 Å². The van der Waals surface area contributed by atoms with Crippen LogP contribution in [0.1, 0.15) is 35.2 Å². The van der Waals surface area contributed by atoms with Crippen LogP contribution < -0.4 is 4.74 Å². The van der Waals surface area contributed by atoms with E-state index in [4.69, 9.17) is 9.47 Å². The number of carbonyl (C=O) groups is 1. The monoisotopic (exact) mass is 389 g/mol. The Morgan fingerprint density at radius 2 is 1.74 bits per heavy atom. The standard InChI is InChI=1S/C20H23NO5S/c1-25-20(22)18-14-17(27(23,24)21-12-6-3-7-13-21)10-11-19(18)26-15-16-8-4-2-5-9-16/h2,4-5,8-11,14H,3,6-7,12-13,15H2,1H3. The van der Waals surface area contributed by atoms with Crippen LogP contribution in [0.3, 0.4) is 0 Å². The van der Waals surface area contributed by atoms with Crippen LogP contribution in [-0.2, 0) is 21.4 Å². The first-order chi connectivity index (χ1) is 13.0. The fraction of sp³-hybridized carbons (Fsp3) is 0.350. The number of piperidine rings is 1. The van der Waals surface area contributed by atoms with E-state index in [1.165, 1.54) is 29.6 Å². The molecule has 27 heavy (non-hydrogen) atoms. The average Bonchev–Trinajstić information content (AvgIpc) is 2.73. The maximum absolute atomic E-state index is 12.9. The normalized spacial score (nSPS) is 15.3. The number of esters is 1. The molecular formula is C20H23NO5S. The van der Waals surface area contributed by atoms with Crippen LogP contribution in [0.4, 0.5) is 0 Å². The molecule has 1 aliphatic heterocycles. The van der Waals surface area contributed by atoms with Crippen molar-refractivity contribution >= 4 is 16.0 Å². The summed E-state index contributed by atoms with van der Waals surface area (Å²) in [5.41, 5.74) is 1.05. The van der Waals surface area contributed by atoms with Gasteiger partial charge in [0.2, 0.25) is 10.0 Å². The van der Waals surface area contributed by atoms with E-state index in [9.17, 15) is 13.2 Å². The molecule has 0 N–H and O–H groups in total. The smallest absolute Gasteiger partial charge is 0.341 e. The van der Waals surface area contributed by atoms with Crippen molar-refractivity contribution in [3.05, 3.63) is 59.7 Å². The molecule has 0 aliphatic carbocycles. The molecule has 7 heteroatoms. The zero-order valence-corrected chi connectivity index (χ0v) is 16.1. The first-order valence-electron chi connectivity index (χ1n) is 8.91. The third-order valence-corrected chi connectivity index (χ3v) is 6.44. The maximum Gasteiger partial charge on any atom is 0.341 e. The number of hydrogen-bond acceptors (Lipinski definition) is 5. The molecule has 0 unspecified atom stereocenters. The highest BCUT2D eigenvalue weighted by atomic mass is 32.2. The Hall–Kier alpha value is -2.38. The largest absolute Gasteiger partial charge is 0.488 e. The Morgan fingerprint density at radius 1 is 1.04 bits per heavy atom. The number of sulfonamides is 1. The third-order valence-electron chi connectivity index (χ3n) is 4.55. The summed E-state index contributed by atoms with van der Waals surface area (Å²) in [5, 5.41) is 0. The van der Waals surface area contributed by atoms with Gasteiger partial charge in [0.05, 0.1) is 12.0 Å². The minimum atomic E-state index is -3.64. The fourth-order valence-electron chi connectivity index (χ4n) is 3.05. The SMILES string of the molecule is COC(=O)c1cc(S(=O)(=O)N2CCCCC2)ccc1OCc1ccccc1. The van der Waals surface area contributed by atoms with E-state index in [1.54, 1.807) is 0 Å². The topological polar surface area (TPSA) is 72.9 Å². The summed E-state index contributed by atoms with van der Waals surface area (Å²) in [6, 6.07) is 13.9. The molecule has 0 spiro atoms. The molecule has 1 aliphatic rings. The molecule has 0 radical (unpaired) electrons. The molecule has 2 aromatic rings. The summed E-state index contributed by atoms with van der Waals surface area (Å²) in [6.45, 7) is 1.27. The van der Waals surface area contributed by atoms with Gasteiger partial charge >= 0.3 is 5.97 Å². The van der Waals surface area contributed by atoms with Gasteiger partial charge in [0.25, 0.3) is 0 Å². The van der Waals surface area contributed by atoms with Crippen molar-refractivity contribution in [3.63, 3.8) is 0 Å². The predicted octanol–water partition coefficient (Wildman–Crippen LogP) is 3.23. The number of carbonyl (C=O) groups excluding carboxylic acids is 1. The van der Waals surface area contributed by atoms with Crippen molar-refractivity contribution in [3.8, 4) is 5.75 Å². The van der Waals surface area contributed by atoms with Crippen molar-refractivity contribution in [2.24, 2.45) is 0 Å². The van der Waals surface area contributed by atoms with E-state index in [-0.39, 0.29) is 17.1 Å². The van der Waals surface area contributed by atoms with E-state index in [1.807, 2.05) is 30.3 Å². The number of benzene rings is 2. The van der Waals surface area contributed by atoms with E-state index >= 15 is 0 Å². The Balaban J connectivity index is 1.88. The second-order valence-electron chi connectivity index (χ2n) is 6.39. The Morgan fingerprint density at radius 3 is 2.41 bits per heavy atom. The van der Waals surface area contributed by atoms with Crippen molar-refractivity contribution < 1.29 is 22.7 Å². The lowest BCUT2D eigenvalue weighted by Gasteiger charge is -2.26. The fourth-order valence-corrected chi connectivity index (χ4v) is 4.60. The summed E-state index contributed by atoms with van der Waals surface area (Å²) in [4.78, 5) is 12.3. The van der Waals surface area contributed by atoms with Crippen LogP contribution in [0.25, 0.3) is 0 Å². The van der Waals surface area contributed by atoms with Gasteiger partial charge in [-0.2, -0.15) is 4.31 Å². The Bertz CT molecular complexity index is 890. The zero-order valence-electron chi connectivity index (χ0n) is 15.3. The van der Waals surface area contributed by atoms with Crippen LogP contribution in [0.5, 0.6) is 5.75 Å². The van der Waals surface area contributed by atoms with Crippen LogP contribution in [-0.4, -0.2) is 38.9 Å². The van der Waals surface area contributed by atoms with Crippen LogP contribution in [0, 0.1) is 0 Å². The minimum absolute atomic E-state index is 0.0804. The lowest BCUT2D eigenvalue weighted by atomic mass is 10.2. The molecule has 144 valence electrons. The highest BCUT2D eigenvalue weighted by Crippen LogP contribution is 2.27. The zero-order chi connectivity index (χ0) is 19.3. The van der Waals surface area contributed by atoms with Gasteiger partial charge in [-0.15, -0.1) is 0 Å². The number of methoxy groups -OCH3 is 1. The van der Waals surface area contributed by atoms with Crippen LogP contribution in [0.15, 0.2) is 53.4 Å². The first-order valence-corrected chi connectivity index (χ1v) is 10.4. The Labute approximate surface area is 159 Å². The second-order valence-corrected chi connectivity index (χ2v) is 8.33. The van der Waals surface area contributed by atoms with Gasteiger partial charge in [0, 0.05) is 13.1 Å². The molecule has 3 rings (SSSR count). The quantitative estimate of drug-likeness (QED) is 0.709. The molecule has 0 aromatic heterocycles. The van der Waals surface area contributed by atoms with E-state index in [2.05, 4.69) is 0 Å². The van der Waals surface area contributed by atoms with Gasteiger partial charge in [-0.3, -0.25) is 0 Å². The van der Waals surface area contributed by atoms with Crippen molar-refractivity contribution in [2.75, 3.05) is 20.2 Å². The summed E-state index contributed by atoms with van der Waals surface area (Å²) in [7, 11) is -2.38. The molecule has 0 bridgehead atoms. The summed E-state index contributed by atoms with van der Waals surface area (Å²) < 4.78 is 37.8. The van der Waals surface area contributed by atoms with Gasteiger partial charge in [-0.05, 0) is 36.6 Å². The summed E-state index contributed by atoms with van der Waals surface area (Å²) in [6.07, 6.45) is 2.73. The van der Waals surface area contributed by atoms with Crippen LogP contribution >= 0.6 is 0 Å². The molecule has 0 amide bonds. The first kappa shape index (κ1) is 19.4. The predicted molar refractivity (Wildman–Crippen MR) is 101 cm³/mol. The van der Waals surface area contributed by atoms with Crippen molar-refractivity contribution in [2.45, 2.75) is 30.8 Å². The highest BCUT2D eigenvalue weighted by molar-refractivity contribution is 7.89. The molecule has 0 atom stereocenters. The lowest BCUT2D eigenvalue weighted by molar-refractivity contribution is 0.0595. The minimum Gasteiger partial charge on any atom is -0.488 e. The average molecular weight is 389 g/mol. The molecule has 1 fully saturated rings. The van der Waals surface area contributed by atoms with E-state index in [0.29, 0.717) is 18.8 Å². The second kappa shape index (κ2) is 8.54. The summed E-state index contributed by atoms with van der Waals surface area (Å²) in [5.74, 6) is -0.336. The number of ether oxygens (including phenoxy) is 2. The molecule has 1 heterocycles. The van der Waals surface area contributed by atoms with Gasteiger partial charge in [0.1, 0.15) is 17.9 Å². The lowest BCUT2D eigenvalue weighted by Crippen LogP contribution is -2.35. The van der Waals surface area contributed by atoms with Crippen molar-refractivity contribution in [1.29, 1.82) is 0 Å². The number of nitrogens with zero attached hydrogens (tertiary/aromatic N) is 1. The van der Waals surface area contributed by atoms with Gasteiger partial charge in [-0.25, -0.2) is 13.2 Å². The summed E-state index contributed by atoms with van der Waals surface area (Å²) >= 11 is 0. The van der Waals surface area contributed by atoms with Gasteiger partial charge < -0.3 is 9.47 Å². The molecule has 0 saturated carbocycles. The highest BCUT2D eigenvalue weighted by Gasteiger charge is 2.28. The van der Waals surface area contributed by atoms with Gasteiger partial charge in [0.15, 0.2) is 0 Å². The van der Waals surface area contributed by atoms with Gasteiger partial charge in [-0.1, -0.05) is 36.8 Å². The molecule has 2 aromatic carbocycles. The Kier molecular flexibility index (Phi) is 6.13. The maximum atomic E-state index is 12.9. The molecular weight excluding hydrogens is 366 g/mol. The van der Waals surface area contributed by atoms with Crippen LogP contribution in [0.2, 0.25) is 0 Å². The molecule has 1 saturated heterocycles. The third kappa shape index (κ3) is 4.48.